The second-order valence-corrected chi connectivity index (χ2v) is 9.36. The van der Waals surface area contributed by atoms with Crippen molar-refractivity contribution in [2.24, 2.45) is 5.92 Å². The Balaban J connectivity index is 1.47. The van der Waals surface area contributed by atoms with Gasteiger partial charge in [0.2, 0.25) is 5.91 Å². The van der Waals surface area contributed by atoms with E-state index in [1.165, 1.54) is 11.6 Å². The summed E-state index contributed by atoms with van der Waals surface area (Å²) in [6.07, 6.45) is 1.56. The third-order valence-electron chi connectivity index (χ3n) is 6.46. The van der Waals surface area contributed by atoms with Gasteiger partial charge in [0.15, 0.2) is 0 Å². The van der Waals surface area contributed by atoms with E-state index in [2.05, 4.69) is 22.3 Å². The van der Waals surface area contributed by atoms with Crippen molar-refractivity contribution in [2.45, 2.75) is 32.2 Å². The fourth-order valence-electron chi connectivity index (χ4n) is 4.66. The molecule has 5 heteroatoms. The lowest BCUT2D eigenvalue weighted by molar-refractivity contribution is -0.127. The molecule has 0 saturated carbocycles. The van der Waals surface area contributed by atoms with Crippen molar-refractivity contribution in [3.8, 4) is 0 Å². The zero-order valence-electron chi connectivity index (χ0n) is 18.9. The molecule has 3 nitrogen and oxygen atoms in total. The third-order valence-corrected chi connectivity index (χ3v) is 6.83. The SMILES string of the molecule is Cc1cc(C2CC(C(=O)NCCc3ccccc3)CN(Cc3ccccc3Cl)C2)ccc1F. The molecule has 0 radical (unpaired) electrons. The molecule has 1 aliphatic heterocycles. The van der Waals surface area contributed by atoms with Crippen molar-refractivity contribution < 1.29 is 9.18 Å². The number of halogens is 2. The van der Waals surface area contributed by atoms with Crippen LogP contribution in [0.15, 0.2) is 72.8 Å². The molecule has 1 saturated heterocycles. The molecule has 0 aliphatic carbocycles. The van der Waals surface area contributed by atoms with Gasteiger partial charge in [0.1, 0.15) is 5.82 Å². The number of hydrogen-bond donors (Lipinski definition) is 1. The van der Waals surface area contributed by atoms with Crippen molar-refractivity contribution in [1.82, 2.24) is 10.2 Å². The average molecular weight is 465 g/mol. The van der Waals surface area contributed by atoms with Gasteiger partial charge in [-0.1, -0.05) is 72.3 Å². The van der Waals surface area contributed by atoms with Gasteiger partial charge in [-0.2, -0.15) is 0 Å². The Kier molecular flexibility index (Phi) is 7.79. The first-order valence-electron chi connectivity index (χ1n) is 11.5. The van der Waals surface area contributed by atoms with E-state index in [9.17, 15) is 9.18 Å². The molecule has 1 amide bonds. The Hall–Kier alpha value is -2.69. The molecule has 3 aromatic carbocycles. The Bertz CT molecular complexity index is 1090. The summed E-state index contributed by atoms with van der Waals surface area (Å²) >= 11 is 6.41. The zero-order chi connectivity index (χ0) is 23.2. The van der Waals surface area contributed by atoms with E-state index in [0.29, 0.717) is 25.2 Å². The van der Waals surface area contributed by atoms with E-state index in [1.54, 1.807) is 6.92 Å². The lowest BCUT2D eigenvalue weighted by Crippen LogP contribution is -2.45. The maximum absolute atomic E-state index is 13.9. The summed E-state index contributed by atoms with van der Waals surface area (Å²) < 4.78 is 13.9. The summed E-state index contributed by atoms with van der Waals surface area (Å²) in [4.78, 5) is 15.4. The van der Waals surface area contributed by atoms with E-state index in [-0.39, 0.29) is 23.6 Å². The molecular formula is C28H30ClFN2O. The van der Waals surface area contributed by atoms with Crippen LogP contribution in [0.5, 0.6) is 0 Å². The molecule has 33 heavy (non-hydrogen) atoms. The minimum atomic E-state index is -0.197. The van der Waals surface area contributed by atoms with E-state index in [1.807, 2.05) is 54.6 Å². The number of nitrogens with one attached hydrogen (secondary N) is 1. The molecule has 4 rings (SSSR count). The second kappa shape index (κ2) is 11.0. The maximum atomic E-state index is 13.9. The highest BCUT2D eigenvalue weighted by molar-refractivity contribution is 6.31. The Morgan fingerprint density at radius 3 is 2.58 bits per heavy atom. The number of nitrogens with zero attached hydrogens (tertiary/aromatic N) is 1. The molecule has 1 aliphatic rings. The van der Waals surface area contributed by atoms with Crippen LogP contribution >= 0.6 is 11.6 Å². The Morgan fingerprint density at radius 1 is 1.06 bits per heavy atom. The highest BCUT2D eigenvalue weighted by Crippen LogP contribution is 2.33. The number of likely N-dealkylation sites (tertiary alicyclic amines) is 1. The van der Waals surface area contributed by atoms with Crippen LogP contribution in [0.2, 0.25) is 5.02 Å². The van der Waals surface area contributed by atoms with Crippen LogP contribution in [-0.2, 0) is 17.8 Å². The zero-order valence-corrected chi connectivity index (χ0v) is 19.7. The molecule has 2 unspecified atom stereocenters. The average Bonchev–Trinajstić information content (AvgIpc) is 2.83. The lowest BCUT2D eigenvalue weighted by atomic mass is 9.83. The molecule has 1 N–H and O–H groups in total. The highest BCUT2D eigenvalue weighted by atomic mass is 35.5. The number of hydrogen-bond acceptors (Lipinski definition) is 2. The summed E-state index contributed by atoms with van der Waals surface area (Å²) in [7, 11) is 0. The van der Waals surface area contributed by atoms with Crippen LogP contribution in [0.25, 0.3) is 0 Å². The van der Waals surface area contributed by atoms with E-state index < -0.39 is 0 Å². The van der Waals surface area contributed by atoms with Crippen molar-refractivity contribution >= 4 is 17.5 Å². The van der Waals surface area contributed by atoms with Gasteiger partial charge in [-0.15, -0.1) is 0 Å². The number of rotatable bonds is 7. The largest absolute Gasteiger partial charge is 0.355 e. The standard InChI is InChI=1S/C28H30ClFN2O/c1-20-15-22(11-12-27(20)30)24-16-25(28(33)31-14-13-21-7-3-2-4-8-21)19-32(18-24)17-23-9-5-6-10-26(23)29/h2-12,15,24-25H,13-14,16-19H2,1H3,(H,31,33). The maximum Gasteiger partial charge on any atom is 0.224 e. The van der Waals surface area contributed by atoms with Crippen LogP contribution in [0.4, 0.5) is 4.39 Å². The predicted octanol–water partition coefficient (Wildman–Crippen LogP) is 5.75. The van der Waals surface area contributed by atoms with Gasteiger partial charge in [0.25, 0.3) is 0 Å². The number of benzene rings is 3. The molecule has 3 aromatic rings. The summed E-state index contributed by atoms with van der Waals surface area (Å²) in [6, 6.07) is 23.3. The van der Waals surface area contributed by atoms with Crippen LogP contribution in [0, 0.1) is 18.7 Å². The quantitative estimate of drug-likeness (QED) is 0.482. The number of aryl methyl sites for hydroxylation is 1. The van der Waals surface area contributed by atoms with Crippen LogP contribution in [0.1, 0.15) is 34.6 Å². The molecule has 0 aromatic heterocycles. The van der Waals surface area contributed by atoms with Gasteiger partial charge in [-0.25, -0.2) is 4.39 Å². The van der Waals surface area contributed by atoms with Crippen LogP contribution in [-0.4, -0.2) is 30.4 Å². The minimum Gasteiger partial charge on any atom is -0.355 e. The first-order valence-corrected chi connectivity index (χ1v) is 11.9. The Morgan fingerprint density at radius 2 is 1.82 bits per heavy atom. The molecule has 172 valence electrons. The van der Waals surface area contributed by atoms with E-state index in [0.717, 1.165) is 35.5 Å². The van der Waals surface area contributed by atoms with Crippen LogP contribution in [0.3, 0.4) is 0 Å². The topological polar surface area (TPSA) is 32.3 Å². The van der Waals surface area contributed by atoms with Gasteiger partial charge in [0.05, 0.1) is 5.92 Å². The normalized spacial score (nSPS) is 18.8. The van der Waals surface area contributed by atoms with Gasteiger partial charge in [0, 0.05) is 31.2 Å². The number of amides is 1. The fraction of sp³-hybridized carbons (Fsp3) is 0.321. The van der Waals surface area contributed by atoms with E-state index >= 15 is 0 Å². The Labute approximate surface area is 200 Å². The summed E-state index contributed by atoms with van der Waals surface area (Å²) in [5.41, 5.74) is 3.99. The summed E-state index contributed by atoms with van der Waals surface area (Å²) in [6.45, 7) is 4.58. The molecule has 1 heterocycles. The third kappa shape index (κ3) is 6.21. The first-order chi connectivity index (χ1) is 16.0. The number of carbonyl (C=O) groups is 1. The van der Waals surface area contributed by atoms with Crippen molar-refractivity contribution in [1.29, 1.82) is 0 Å². The van der Waals surface area contributed by atoms with Crippen molar-refractivity contribution in [2.75, 3.05) is 19.6 Å². The number of carbonyl (C=O) groups excluding carboxylic acids is 1. The summed E-state index contributed by atoms with van der Waals surface area (Å²) in [5, 5.41) is 3.87. The number of piperidine rings is 1. The fourth-order valence-corrected chi connectivity index (χ4v) is 4.85. The molecule has 1 fully saturated rings. The smallest absolute Gasteiger partial charge is 0.224 e. The molecular weight excluding hydrogens is 435 g/mol. The monoisotopic (exact) mass is 464 g/mol. The van der Waals surface area contributed by atoms with E-state index in [4.69, 9.17) is 11.6 Å². The first kappa shape index (κ1) is 23.5. The van der Waals surface area contributed by atoms with Crippen molar-refractivity contribution in [3.63, 3.8) is 0 Å². The summed E-state index contributed by atoms with van der Waals surface area (Å²) in [5.74, 6) is -0.0888. The molecule has 2 atom stereocenters. The predicted molar refractivity (Wildman–Crippen MR) is 132 cm³/mol. The minimum absolute atomic E-state index is 0.0821. The highest BCUT2D eigenvalue weighted by Gasteiger charge is 2.32. The van der Waals surface area contributed by atoms with Gasteiger partial charge >= 0.3 is 0 Å². The van der Waals surface area contributed by atoms with Gasteiger partial charge in [-0.05, 0) is 60.1 Å². The second-order valence-electron chi connectivity index (χ2n) is 8.95. The lowest BCUT2D eigenvalue weighted by Gasteiger charge is -2.37. The molecule has 0 spiro atoms. The van der Waals surface area contributed by atoms with Gasteiger partial charge in [-0.3, -0.25) is 9.69 Å². The molecule has 0 bridgehead atoms. The van der Waals surface area contributed by atoms with Crippen molar-refractivity contribution in [3.05, 3.63) is 106 Å². The van der Waals surface area contributed by atoms with Crippen LogP contribution < -0.4 is 5.32 Å². The van der Waals surface area contributed by atoms with Gasteiger partial charge < -0.3 is 5.32 Å².